The number of hydrogen-bond acceptors (Lipinski definition) is 3. The van der Waals surface area contributed by atoms with Gasteiger partial charge in [0.25, 0.3) is 0 Å². The molecular weight excluding hydrogens is 192 g/mol. The van der Waals surface area contributed by atoms with Crippen molar-refractivity contribution in [2.45, 2.75) is 45.2 Å². The lowest BCUT2D eigenvalue weighted by Crippen LogP contribution is -2.55. The molecule has 0 radical (unpaired) electrons. The highest BCUT2D eigenvalue weighted by atomic mass is 16.5. The van der Waals surface area contributed by atoms with Crippen molar-refractivity contribution in [2.24, 2.45) is 0 Å². The number of rotatable bonds is 4. The molecule has 1 saturated heterocycles. The van der Waals surface area contributed by atoms with E-state index >= 15 is 0 Å². The molecule has 1 heterocycles. The highest BCUT2D eigenvalue weighted by molar-refractivity contribution is 5.85. The maximum absolute atomic E-state index is 11.9. The van der Waals surface area contributed by atoms with Gasteiger partial charge in [-0.15, -0.1) is 0 Å². The number of carbonyl (C=O) groups excluding carboxylic acids is 1. The molecule has 4 nitrogen and oxygen atoms in total. The summed E-state index contributed by atoms with van der Waals surface area (Å²) in [5.74, 6) is 0.0799. The number of hydrogen-bond donors (Lipinski definition) is 2. The van der Waals surface area contributed by atoms with Gasteiger partial charge in [0.15, 0.2) is 0 Å². The van der Waals surface area contributed by atoms with Crippen molar-refractivity contribution in [3.05, 3.63) is 0 Å². The van der Waals surface area contributed by atoms with Crippen LogP contribution in [0.1, 0.15) is 33.6 Å². The highest BCUT2D eigenvalue weighted by Crippen LogP contribution is 2.09. The van der Waals surface area contributed by atoms with Crippen molar-refractivity contribution in [3.63, 3.8) is 0 Å². The van der Waals surface area contributed by atoms with Gasteiger partial charge in [0.05, 0.1) is 5.54 Å². The fraction of sp³-hybridized carbons (Fsp3) is 0.909. The topological polar surface area (TPSA) is 50.4 Å². The molecule has 0 aromatic carbocycles. The van der Waals surface area contributed by atoms with E-state index in [1.807, 2.05) is 20.8 Å². The smallest absolute Gasteiger partial charge is 0.239 e. The van der Waals surface area contributed by atoms with E-state index < -0.39 is 5.54 Å². The van der Waals surface area contributed by atoms with E-state index in [9.17, 15) is 4.79 Å². The Morgan fingerprint density at radius 3 is 2.53 bits per heavy atom. The van der Waals surface area contributed by atoms with E-state index in [-0.39, 0.29) is 11.9 Å². The Hall–Kier alpha value is -0.610. The first-order valence-electron chi connectivity index (χ1n) is 5.70. The van der Waals surface area contributed by atoms with Gasteiger partial charge >= 0.3 is 0 Å². The Bertz CT molecular complexity index is 211. The summed E-state index contributed by atoms with van der Waals surface area (Å²) < 4.78 is 5.25. The number of ether oxygens (including phenoxy) is 1. The van der Waals surface area contributed by atoms with Gasteiger partial charge in [-0.2, -0.15) is 0 Å². The molecule has 0 atom stereocenters. The standard InChI is InChI=1S/C11H22N2O2/c1-4-12-11(2,3)10(14)13-9-5-7-15-8-6-9/h9,12H,4-8H2,1-3H3,(H,13,14). The van der Waals surface area contributed by atoms with E-state index in [2.05, 4.69) is 10.6 Å². The third-order valence-electron chi connectivity index (χ3n) is 2.74. The zero-order chi connectivity index (χ0) is 11.3. The second-order valence-corrected chi connectivity index (χ2v) is 4.52. The zero-order valence-electron chi connectivity index (χ0n) is 9.93. The van der Waals surface area contributed by atoms with Crippen LogP contribution in [0.15, 0.2) is 0 Å². The van der Waals surface area contributed by atoms with E-state index in [4.69, 9.17) is 4.74 Å². The summed E-state index contributed by atoms with van der Waals surface area (Å²) in [6.07, 6.45) is 1.85. The molecule has 88 valence electrons. The SMILES string of the molecule is CCNC(C)(C)C(=O)NC1CCOCC1. The van der Waals surface area contributed by atoms with Crippen molar-refractivity contribution in [1.82, 2.24) is 10.6 Å². The normalized spacial score (nSPS) is 18.9. The monoisotopic (exact) mass is 214 g/mol. The van der Waals surface area contributed by atoms with Crippen molar-refractivity contribution in [2.75, 3.05) is 19.8 Å². The van der Waals surface area contributed by atoms with Crippen LogP contribution in [0.3, 0.4) is 0 Å². The van der Waals surface area contributed by atoms with Gasteiger partial charge in [-0.1, -0.05) is 6.92 Å². The van der Waals surface area contributed by atoms with E-state index in [1.54, 1.807) is 0 Å². The van der Waals surface area contributed by atoms with Crippen molar-refractivity contribution >= 4 is 5.91 Å². The number of carbonyl (C=O) groups is 1. The Balaban J connectivity index is 2.39. The Morgan fingerprint density at radius 1 is 1.40 bits per heavy atom. The molecular formula is C11H22N2O2. The van der Waals surface area contributed by atoms with Crippen molar-refractivity contribution < 1.29 is 9.53 Å². The van der Waals surface area contributed by atoms with Gasteiger partial charge in [0.1, 0.15) is 0 Å². The fourth-order valence-corrected chi connectivity index (χ4v) is 1.73. The molecule has 1 fully saturated rings. The summed E-state index contributed by atoms with van der Waals surface area (Å²) in [5, 5.41) is 6.23. The van der Waals surface area contributed by atoms with Crippen LogP contribution in [-0.4, -0.2) is 37.2 Å². The predicted molar refractivity (Wildman–Crippen MR) is 59.7 cm³/mol. The third-order valence-corrected chi connectivity index (χ3v) is 2.74. The first kappa shape index (κ1) is 12.5. The summed E-state index contributed by atoms with van der Waals surface area (Å²) in [6.45, 7) is 8.13. The molecule has 0 unspecified atom stereocenters. The van der Waals surface area contributed by atoms with Crippen LogP contribution in [0.5, 0.6) is 0 Å². The van der Waals surface area contributed by atoms with Gasteiger partial charge in [-0.3, -0.25) is 4.79 Å². The molecule has 1 aliphatic heterocycles. The summed E-state index contributed by atoms with van der Waals surface area (Å²) in [7, 11) is 0. The summed E-state index contributed by atoms with van der Waals surface area (Å²) in [5.41, 5.74) is -0.479. The summed E-state index contributed by atoms with van der Waals surface area (Å²) >= 11 is 0. The second-order valence-electron chi connectivity index (χ2n) is 4.52. The van der Waals surface area contributed by atoms with Crippen LogP contribution in [0.25, 0.3) is 0 Å². The highest BCUT2D eigenvalue weighted by Gasteiger charge is 2.28. The lowest BCUT2D eigenvalue weighted by atomic mass is 10.0. The van der Waals surface area contributed by atoms with Crippen LogP contribution < -0.4 is 10.6 Å². The minimum atomic E-state index is -0.479. The number of nitrogens with one attached hydrogen (secondary N) is 2. The second kappa shape index (κ2) is 5.47. The molecule has 0 saturated carbocycles. The lowest BCUT2D eigenvalue weighted by Gasteiger charge is -2.29. The number of likely N-dealkylation sites (N-methyl/N-ethyl adjacent to an activating group) is 1. The average molecular weight is 214 g/mol. The Morgan fingerprint density at radius 2 is 2.00 bits per heavy atom. The molecule has 1 amide bonds. The molecule has 4 heteroatoms. The maximum Gasteiger partial charge on any atom is 0.239 e. The van der Waals surface area contributed by atoms with Gasteiger partial charge in [-0.05, 0) is 33.2 Å². The van der Waals surface area contributed by atoms with E-state index in [1.165, 1.54) is 0 Å². The predicted octanol–water partition coefficient (Wildman–Crippen LogP) is 0.670. The van der Waals surface area contributed by atoms with Gasteiger partial charge in [0, 0.05) is 19.3 Å². The van der Waals surface area contributed by atoms with Gasteiger partial charge in [-0.25, -0.2) is 0 Å². The van der Waals surface area contributed by atoms with Crippen LogP contribution >= 0.6 is 0 Å². The van der Waals surface area contributed by atoms with Crippen molar-refractivity contribution in [1.29, 1.82) is 0 Å². The molecule has 15 heavy (non-hydrogen) atoms. The number of amides is 1. The lowest BCUT2D eigenvalue weighted by molar-refractivity contribution is -0.127. The minimum absolute atomic E-state index is 0.0799. The van der Waals surface area contributed by atoms with Crippen molar-refractivity contribution in [3.8, 4) is 0 Å². The molecule has 0 spiro atoms. The molecule has 2 N–H and O–H groups in total. The summed E-state index contributed by atoms with van der Waals surface area (Å²) in [4.78, 5) is 11.9. The zero-order valence-corrected chi connectivity index (χ0v) is 9.93. The van der Waals surface area contributed by atoms with Crippen LogP contribution in [0.2, 0.25) is 0 Å². The van der Waals surface area contributed by atoms with Gasteiger partial charge in [0.2, 0.25) is 5.91 Å². The van der Waals surface area contributed by atoms with Crippen LogP contribution in [0.4, 0.5) is 0 Å². The van der Waals surface area contributed by atoms with Crippen LogP contribution in [-0.2, 0) is 9.53 Å². The maximum atomic E-state index is 11.9. The third kappa shape index (κ3) is 3.80. The first-order chi connectivity index (χ1) is 7.06. The fourth-order valence-electron chi connectivity index (χ4n) is 1.73. The molecule has 0 aromatic rings. The molecule has 1 aliphatic rings. The largest absolute Gasteiger partial charge is 0.381 e. The molecule has 0 aliphatic carbocycles. The Labute approximate surface area is 91.8 Å². The summed E-state index contributed by atoms with van der Waals surface area (Å²) in [6, 6.07) is 0.282. The Kier molecular flexibility index (Phi) is 4.54. The van der Waals surface area contributed by atoms with E-state index in [0.717, 1.165) is 32.6 Å². The molecule has 0 bridgehead atoms. The van der Waals surface area contributed by atoms with E-state index in [0.29, 0.717) is 0 Å². The molecule has 0 aromatic heterocycles. The minimum Gasteiger partial charge on any atom is -0.381 e. The quantitative estimate of drug-likeness (QED) is 0.723. The molecule has 1 rings (SSSR count). The van der Waals surface area contributed by atoms with Gasteiger partial charge < -0.3 is 15.4 Å². The average Bonchev–Trinajstić information content (AvgIpc) is 2.19. The first-order valence-corrected chi connectivity index (χ1v) is 5.70. The van der Waals surface area contributed by atoms with Crippen LogP contribution in [0, 0.1) is 0 Å².